The van der Waals surface area contributed by atoms with E-state index in [0.29, 0.717) is 12.1 Å². The van der Waals surface area contributed by atoms with E-state index in [9.17, 15) is 5.11 Å². The summed E-state index contributed by atoms with van der Waals surface area (Å²) in [6.07, 6.45) is 5.36. The van der Waals surface area contributed by atoms with Crippen LogP contribution in [0, 0.1) is 0 Å². The number of hydrogen-bond donors (Lipinski definition) is 2. The molecule has 3 rings (SSSR count). The van der Waals surface area contributed by atoms with Crippen LogP contribution in [0.25, 0.3) is 0 Å². The first-order chi connectivity index (χ1) is 12.6. The lowest BCUT2D eigenvalue weighted by atomic mass is 9.83. The zero-order chi connectivity index (χ0) is 18.4. The zero-order valence-corrected chi connectivity index (χ0v) is 15.1. The Balaban J connectivity index is 1.90. The molecule has 0 aliphatic carbocycles. The van der Waals surface area contributed by atoms with Gasteiger partial charge >= 0.3 is 0 Å². The Morgan fingerprint density at radius 1 is 0.808 bits per heavy atom. The highest BCUT2D eigenvalue weighted by molar-refractivity contribution is 5.45. The molecule has 3 N–H and O–H groups in total. The average Bonchev–Trinajstić information content (AvgIpc) is 2.68. The molecule has 1 unspecified atom stereocenters. The fraction of sp³-hybridized carbons (Fsp3) is 0.167. The van der Waals surface area contributed by atoms with Crippen LogP contribution in [0.15, 0.2) is 91.0 Å². The van der Waals surface area contributed by atoms with E-state index in [-0.39, 0.29) is 0 Å². The van der Waals surface area contributed by atoms with Gasteiger partial charge in [-0.25, -0.2) is 0 Å². The summed E-state index contributed by atoms with van der Waals surface area (Å²) in [6, 6.07) is 26.1. The first-order valence-corrected chi connectivity index (χ1v) is 8.95. The molecule has 0 aliphatic rings. The van der Waals surface area contributed by atoms with Crippen LogP contribution in [0.4, 0.5) is 5.69 Å². The molecule has 0 saturated carbocycles. The van der Waals surface area contributed by atoms with Gasteiger partial charge in [-0.05, 0) is 47.7 Å². The first-order valence-electron chi connectivity index (χ1n) is 8.95. The number of benzene rings is 3. The second-order valence-electron chi connectivity index (χ2n) is 6.61. The number of rotatable bonds is 6. The van der Waals surface area contributed by atoms with Gasteiger partial charge in [0.05, 0.1) is 0 Å². The Hall–Kier alpha value is -2.84. The summed E-state index contributed by atoms with van der Waals surface area (Å²) in [4.78, 5) is 0. The SMILES string of the molecule is C/C=C\CC(O)(c1ccc(N)cc1)c1ccc(Cc2ccccc2)cc1. The van der Waals surface area contributed by atoms with Crippen molar-refractivity contribution in [3.63, 3.8) is 0 Å². The third-order valence-electron chi connectivity index (χ3n) is 4.72. The second kappa shape index (κ2) is 8.03. The van der Waals surface area contributed by atoms with E-state index in [0.717, 1.165) is 17.5 Å². The van der Waals surface area contributed by atoms with Gasteiger partial charge in [0.1, 0.15) is 5.60 Å². The molecule has 26 heavy (non-hydrogen) atoms. The van der Waals surface area contributed by atoms with Crippen LogP contribution in [0.2, 0.25) is 0 Å². The summed E-state index contributed by atoms with van der Waals surface area (Å²) in [5.41, 5.74) is 9.68. The summed E-state index contributed by atoms with van der Waals surface area (Å²) >= 11 is 0. The fourth-order valence-electron chi connectivity index (χ4n) is 3.18. The normalized spacial score (nSPS) is 13.6. The summed E-state index contributed by atoms with van der Waals surface area (Å²) < 4.78 is 0. The largest absolute Gasteiger partial charge is 0.399 e. The minimum atomic E-state index is -1.06. The highest BCUT2D eigenvalue weighted by Crippen LogP contribution is 2.34. The van der Waals surface area contributed by atoms with Gasteiger partial charge in [-0.15, -0.1) is 0 Å². The molecule has 3 aromatic carbocycles. The molecule has 0 saturated heterocycles. The second-order valence-corrected chi connectivity index (χ2v) is 6.61. The van der Waals surface area contributed by atoms with Gasteiger partial charge in [-0.3, -0.25) is 0 Å². The molecule has 0 heterocycles. The van der Waals surface area contributed by atoms with Gasteiger partial charge in [0.25, 0.3) is 0 Å². The molecule has 2 nitrogen and oxygen atoms in total. The van der Waals surface area contributed by atoms with E-state index in [1.165, 1.54) is 11.1 Å². The van der Waals surface area contributed by atoms with Crippen LogP contribution in [-0.4, -0.2) is 5.11 Å². The Morgan fingerprint density at radius 3 is 1.92 bits per heavy atom. The maximum absolute atomic E-state index is 11.5. The van der Waals surface area contributed by atoms with Crippen LogP contribution < -0.4 is 5.73 Å². The average molecular weight is 343 g/mol. The van der Waals surface area contributed by atoms with Crippen molar-refractivity contribution < 1.29 is 5.11 Å². The molecular formula is C24H25NO. The Labute approximate surface area is 155 Å². The van der Waals surface area contributed by atoms with E-state index in [4.69, 9.17) is 5.73 Å². The van der Waals surface area contributed by atoms with Crippen LogP contribution in [0.1, 0.15) is 35.6 Å². The van der Waals surface area contributed by atoms with Gasteiger partial charge in [0.15, 0.2) is 0 Å². The fourth-order valence-corrected chi connectivity index (χ4v) is 3.18. The van der Waals surface area contributed by atoms with E-state index < -0.39 is 5.60 Å². The topological polar surface area (TPSA) is 46.2 Å². The van der Waals surface area contributed by atoms with E-state index in [1.54, 1.807) is 0 Å². The standard InChI is InChI=1S/C24H25NO/c1-2-3-17-24(26,22-13-15-23(25)16-14-22)21-11-9-20(10-12-21)18-19-7-5-4-6-8-19/h2-16,26H,17-18,25H2,1H3/b3-2-. The Bertz CT molecular complexity index is 851. The van der Waals surface area contributed by atoms with Gasteiger partial charge in [-0.1, -0.05) is 78.9 Å². The van der Waals surface area contributed by atoms with Crippen LogP contribution in [-0.2, 0) is 12.0 Å². The van der Waals surface area contributed by atoms with Crippen molar-refractivity contribution in [2.75, 3.05) is 5.73 Å². The summed E-state index contributed by atoms with van der Waals surface area (Å²) in [7, 11) is 0. The lowest BCUT2D eigenvalue weighted by Crippen LogP contribution is -2.26. The maximum atomic E-state index is 11.5. The predicted octanol–water partition coefficient (Wildman–Crippen LogP) is 5.06. The van der Waals surface area contributed by atoms with Crippen LogP contribution >= 0.6 is 0 Å². The van der Waals surface area contributed by atoms with Crippen molar-refractivity contribution in [3.05, 3.63) is 113 Å². The molecule has 3 aromatic rings. The summed E-state index contributed by atoms with van der Waals surface area (Å²) in [6.45, 7) is 1.96. The molecule has 0 fully saturated rings. The van der Waals surface area contributed by atoms with Crippen molar-refractivity contribution >= 4 is 5.69 Å². The van der Waals surface area contributed by atoms with Gasteiger partial charge in [0.2, 0.25) is 0 Å². The molecule has 0 amide bonds. The number of hydrogen-bond acceptors (Lipinski definition) is 2. The van der Waals surface area contributed by atoms with Crippen molar-refractivity contribution in [2.45, 2.75) is 25.4 Å². The Kier molecular flexibility index (Phi) is 5.55. The third kappa shape index (κ3) is 4.04. The zero-order valence-electron chi connectivity index (χ0n) is 15.1. The lowest BCUT2D eigenvalue weighted by molar-refractivity contribution is 0.0841. The molecule has 2 heteroatoms. The number of allylic oxidation sites excluding steroid dienone is 1. The van der Waals surface area contributed by atoms with Crippen molar-refractivity contribution in [1.29, 1.82) is 0 Å². The van der Waals surface area contributed by atoms with Crippen LogP contribution in [0.5, 0.6) is 0 Å². The van der Waals surface area contributed by atoms with Crippen molar-refractivity contribution in [2.24, 2.45) is 0 Å². The maximum Gasteiger partial charge on any atom is 0.118 e. The highest BCUT2D eigenvalue weighted by atomic mass is 16.3. The highest BCUT2D eigenvalue weighted by Gasteiger charge is 2.30. The predicted molar refractivity (Wildman–Crippen MR) is 109 cm³/mol. The van der Waals surface area contributed by atoms with Gasteiger partial charge in [-0.2, -0.15) is 0 Å². The molecule has 0 aromatic heterocycles. The van der Waals surface area contributed by atoms with Gasteiger partial charge in [0, 0.05) is 12.1 Å². The number of nitrogens with two attached hydrogens (primary N) is 1. The van der Waals surface area contributed by atoms with Gasteiger partial charge < -0.3 is 10.8 Å². The lowest BCUT2D eigenvalue weighted by Gasteiger charge is -2.28. The smallest absolute Gasteiger partial charge is 0.118 e. The molecule has 132 valence electrons. The number of aliphatic hydroxyl groups is 1. The number of anilines is 1. The Morgan fingerprint density at radius 2 is 1.35 bits per heavy atom. The molecule has 0 radical (unpaired) electrons. The minimum absolute atomic E-state index is 0.519. The summed E-state index contributed by atoms with van der Waals surface area (Å²) in [5, 5.41) is 11.5. The molecular weight excluding hydrogens is 318 g/mol. The molecule has 0 bridgehead atoms. The molecule has 0 spiro atoms. The molecule has 1 atom stereocenters. The molecule has 0 aliphatic heterocycles. The van der Waals surface area contributed by atoms with Crippen molar-refractivity contribution in [1.82, 2.24) is 0 Å². The van der Waals surface area contributed by atoms with E-state index >= 15 is 0 Å². The monoisotopic (exact) mass is 343 g/mol. The van der Waals surface area contributed by atoms with E-state index in [1.807, 2.05) is 61.5 Å². The first kappa shape index (κ1) is 18.0. The quantitative estimate of drug-likeness (QED) is 0.485. The van der Waals surface area contributed by atoms with E-state index in [2.05, 4.69) is 36.4 Å². The van der Waals surface area contributed by atoms with Crippen molar-refractivity contribution in [3.8, 4) is 0 Å². The number of nitrogen functional groups attached to an aromatic ring is 1. The third-order valence-corrected chi connectivity index (χ3v) is 4.72. The minimum Gasteiger partial charge on any atom is -0.399 e. The summed E-state index contributed by atoms with van der Waals surface area (Å²) in [5.74, 6) is 0. The van der Waals surface area contributed by atoms with Crippen LogP contribution in [0.3, 0.4) is 0 Å².